The summed E-state index contributed by atoms with van der Waals surface area (Å²) in [6.45, 7) is 0. The molecule has 4 heteroatoms. The molecule has 0 amide bonds. The van der Waals surface area contributed by atoms with Gasteiger partial charge in [-0.3, -0.25) is 0 Å². The average molecular weight is 192 g/mol. The molecule has 0 saturated carbocycles. The zero-order valence-corrected chi connectivity index (χ0v) is 7.93. The Kier molecular flexibility index (Phi) is 3.67. The molecule has 0 radical (unpaired) electrons. The quantitative estimate of drug-likeness (QED) is 0.730. The predicted molar refractivity (Wildman–Crippen MR) is 54.9 cm³/mol. The Bertz CT molecular complexity index is 348. The molecule has 1 heterocycles. The molecule has 0 unspecified atom stereocenters. The molecule has 0 spiro atoms. The number of nitrogens with zero attached hydrogens (tertiary/aromatic N) is 1. The summed E-state index contributed by atoms with van der Waals surface area (Å²) in [6, 6.07) is 1.77. The van der Waals surface area contributed by atoms with Crippen molar-refractivity contribution in [2.24, 2.45) is 0 Å². The first-order valence-corrected chi connectivity index (χ1v) is 4.17. The van der Waals surface area contributed by atoms with E-state index < -0.39 is 0 Å². The molecule has 14 heavy (non-hydrogen) atoms. The number of rotatable bonds is 4. The highest BCUT2D eigenvalue weighted by Crippen LogP contribution is 2.19. The SMILES string of the molecule is COc1cc(C=CCC=O)cnc1N. The zero-order valence-electron chi connectivity index (χ0n) is 7.93. The molecule has 0 saturated heterocycles. The van der Waals surface area contributed by atoms with E-state index in [4.69, 9.17) is 10.5 Å². The highest BCUT2D eigenvalue weighted by Gasteiger charge is 1.99. The summed E-state index contributed by atoms with van der Waals surface area (Å²) in [5.41, 5.74) is 6.40. The summed E-state index contributed by atoms with van der Waals surface area (Å²) in [7, 11) is 1.53. The molecule has 0 bridgehead atoms. The minimum atomic E-state index is 0.361. The van der Waals surface area contributed by atoms with Crippen LogP contribution in [-0.4, -0.2) is 18.4 Å². The van der Waals surface area contributed by atoms with Crippen LogP contribution in [0.1, 0.15) is 12.0 Å². The second kappa shape index (κ2) is 5.01. The van der Waals surface area contributed by atoms with Crippen LogP contribution in [0.25, 0.3) is 6.08 Å². The Balaban J connectivity index is 2.83. The first kappa shape index (κ1) is 10.2. The molecule has 0 aliphatic carbocycles. The molecule has 0 aliphatic rings. The van der Waals surface area contributed by atoms with E-state index in [1.54, 1.807) is 24.4 Å². The van der Waals surface area contributed by atoms with Crippen molar-refractivity contribution in [1.29, 1.82) is 0 Å². The predicted octanol–water partition coefficient (Wildman–Crippen LogP) is 1.27. The minimum absolute atomic E-state index is 0.361. The monoisotopic (exact) mass is 192 g/mol. The number of aromatic nitrogens is 1. The van der Waals surface area contributed by atoms with Crippen LogP contribution in [0.4, 0.5) is 5.82 Å². The van der Waals surface area contributed by atoms with Gasteiger partial charge >= 0.3 is 0 Å². The molecule has 74 valence electrons. The molecule has 2 N–H and O–H groups in total. The highest BCUT2D eigenvalue weighted by atomic mass is 16.5. The average Bonchev–Trinajstić information content (AvgIpc) is 2.21. The number of carbonyl (C=O) groups is 1. The summed E-state index contributed by atoms with van der Waals surface area (Å²) in [5, 5.41) is 0. The van der Waals surface area contributed by atoms with Crippen molar-refractivity contribution in [1.82, 2.24) is 4.98 Å². The van der Waals surface area contributed by atoms with Gasteiger partial charge in [0.15, 0.2) is 11.6 Å². The van der Waals surface area contributed by atoms with Gasteiger partial charge in [0.05, 0.1) is 7.11 Å². The number of methoxy groups -OCH3 is 1. The van der Waals surface area contributed by atoms with E-state index in [-0.39, 0.29) is 0 Å². The van der Waals surface area contributed by atoms with Crippen LogP contribution in [-0.2, 0) is 4.79 Å². The van der Waals surface area contributed by atoms with E-state index in [0.29, 0.717) is 18.0 Å². The second-order valence-corrected chi connectivity index (χ2v) is 2.66. The van der Waals surface area contributed by atoms with Crippen molar-refractivity contribution in [2.75, 3.05) is 12.8 Å². The minimum Gasteiger partial charge on any atom is -0.493 e. The molecular formula is C10H12N2O2. The Hall–Kier alpha value is -1.84. The fraction of sp³-hybridized carbons (Fsp3) is 0.200. The largest absolute Gasteiger partial charge is 0.493 e. The van der Waals surface area contributed by atoms with Gasteiger partial charge in [0.1, 0.15) is 6.29 Å². The molecule has 4 nitrogen and oxygen atoms in total. The maximum Gasteiger partial charge on any atom is 0.166 e. The van der Waals surface area contributed by atoms with E-state index in [0.717, 1.165) is 11.8 Å². The van der Waals surface area contributed by atoms with Crippen LogP contribution in [0.2, 0.25) is 0 Å². The van der Waals surface area contributed by atoms with Gasteiger partial charge in [-0.05, 0) is 11.6 Å². The fourth-order valence-electron chi connectivity index (χ4n) is 0.985. The molecular weight excluding hydrogens is 180 g/mol. The van der Waals surface area contributed by atoms with Crippen LogP contribution in [0.15, 0.2) is 18.3 Å². The number of anilines is 1. The molecule has 0 aliphatic heterocycles. The van der Waals surface area contributed by atoms with Gasteiger partial charge in [0, 0.05) is 12.6 Å². The van der Waals surface area contributed by atoms with Crippen LogP contribution in [0, 0.1) is 0 Å². The van der Waals surface area contributed by atoms with E-state index in [1.807, 2.05) is 0 Å². The van der Waals surface area contributed by atoms with Crippen LogP contribution in [0.5, 0.6) is 5.75 Å². The zero-order chi connectivity index (χ0) is 10.4. The first-order chi connectivity index (χ1) is 6.77. The maximum absolute atomic E-state index is 10.1. The molecule has 0 atom stereocenters. The van der Waals surface area contributed by atoms with E-state index in [9.17, 15) is 4.79 Å². The van der Waals surface area contributed by atoms with Crippen molar-refractivity contribution in [3.63, 3.8) is 0 Å². The smallest absolute Gasteiger partial charge is 0.166 e. The maximum atomic E-state index is 10.1. The normalized spacial score (nSPS) is 10.4. The topological polar surface area (TPSA) is 65.2 Å². The summed E-state index contributed by atoms with van der Waals surface area (Å²) in [4.78, 5) is 14.0. The van der Waals surface area contributed by atoms with Gasteiger partial charge in [-0.25, -0.2) is 4.98 Å². The summed E-state index contributed by atoms with van der Waals surface area (Å²) in [5.74, 6) is 0.901. The number of allylic oxidation sites excluding steroid dienone is 1. The van der Waals surface area contributed by atoms with Gasteiger partial charge in [0.25, 0.3) is 0 Å². The van der Waals surface area contributed by atoms with Crippen LogP contribution in [0.3, 0.4) is 0 Å². The Morgan fingerprint density at radius 1 is 1.64 bits per heavy atom. The number of hydrogen-bond donors (Lipinski definition) is 1. The fourth-order valence-corrected chi connectivity index (χ4v) is 0.985. The summed E-state index contributed by atoms with van der Waals surface area (Å²) in [6.07, 6.45) is 6.40. The molecule has 1 rings (SSSR count). The van der Waals surface area contributed by atoms with Gasteiger partial charge in [0.2, 0.25) is 0 Å². The van der Waals surface area contributed by atoms with E-state index >= 15 is 0 Å². The number of carbonyl (C=O) groups excluding carboxylic acids is 1. The van der Waals surface area contributed by atoms with E-state index in [1.165, 1.54) is 7.11 Å². The van der Waals surface area contributed by atoms with Gasteiger partial charge < -0.3 is 15.3 Å². The van der Waals surface area contributed by atoms with Crippen molar-refractivity contribution in [2.45, 2.75) is 6.42 Å². The third kappa shape index (κ3) is 2.58. The number of ether oxygens (including phenoxy) is 1. The standard InChI is InChI=1S/C10H12N2O2/c1-14-9-6-8(4-2-3-5-13)7-12-10(9)11/h2,4-7H,3H2,1H3,(H2,11,12). The summed E-state index contributed by atoms with van der Waals surface area (Å²) < 4.78 is 5.00. The molecule has 1 aromatic heterocycles. The lowest BCUT2D eigenvalue weighted by Gasteiger charge is -2.03. The lowest BCUT2D eigenvalue weighted by Crippen LogP contribution is -1.95. The van der Waals surface area contributed by atoms with Gasteiger partial charge in [-0.1, -0.05) is 12.2 Å². The number of pyridine rings is 1. The lowest BCUT2D eigenvalue weighted by atomic mass is 10.2. The number of nitrogen functional groups attached to an aromatic ring is 1. The van der Waals surface area contributed by atoms with Gasteiger partial charge in [-0.15, -0.1) is 0 Å². The van der Waals surface area contributed by atoms with E-state index in [2.05, 4.69) is 4.98 Å². The van der Waals surface area contributed by atoms with Gasteiger partial charge in [-0.2, -0.15) is 0 Å². The van der Waals surface area contributed by atoms with Crippen molar-refractivity contribution >= 4 is 18.2 Å². The van der Waals surface area contributed by atoms with Crippen molar-refractivity contribution in [3.8, 4) is 5.75 Å². The van der Waals surface area contributed by atoms with Crippen LogP contribution < -0.4 is 10.5 Å². The van der Waals surface area contributed by atoms with Crippen molar-refractivity contribution < 1.29 is 9.53 Å². The lowest BCUT2D eigenvalue weighted by molar-refractivity contribution is -0.107. The Morgan fingerprint density at radius 2 is 2.43 bits per heavy atom. The third-order valence-corrected chi connectivity index (χ3v) is 1.67. The molecule has 0 fully saturated rings. The number of hydrogen-bond acceptors (Lipinski definition) is 4. The molecule has 0 aromatic carbocycles. The van der Waals surface area contributed by atoms with Crippen molar-refractivity contribution in [3.05, 3.63) is 23.9 Å². The third-order valence-electron chi connectivity index (χ3n) is 1.67. The Morgan fingerprint density at radius 3 is 3.07 bits per heavy atom. The number of nitrogens with two attached hydrogens (primary N) is 1. The van der Waals surface area contributed by atoms with Crippen LogP contribution >= 0.6 is 0 Å². The Labute approximate surface area is 82.4 Å². The highest BCUT2D eigenvalue weighted by molar-refractivity contribution is 5.60. The second-order valence-electron chi connectivity index (χ2n) is 2.66. The summed E-state index contributed by atoms with van der Waals surface area (Å²) >= 11 is 0. The first-order valence-electron chi connectivity index (χ1n) is 4.17. The molecule has 1 aromatic rings. The number of aldehydes is 1.